The molecular formula is C23H20N6O4. The Kier molecular flexibility index (Phi) is 4.82. The normalized spacial score (nSPS) is 11.7. The quantitative estimate of drug-likeness (QED) is 0.445. The van der Waals surface area contributed by atoms with Crippen LogP contribution in [0.15, 0.2) is 79.7 Å². The third-order valence-corrected chi connectivity index (χ3v) is 5.43. The van der Waals surface area contributed by atoms with Crippen LogP contribution < -0.4 is 16.8 Å². The maximum atomic E-state index is 13.0. The van der Waals surface area contributed by atoms with Gasteiger partial charge in [-0.1, -0.05) is 42.5 Å². The van der Waals surface area contributed by atoms with Crippen molar-refractivity contribution in [1.29, 1.82) is 0 Å². The fraction of sp³-hybridized carbons (Fsp3) is 0.130. The molecule has 0 saturated heterocycles. The summed E-state index contributed by atoms with van der Waals surface area (Å²) >= 11 is 0. The van der Waals surface area contributed by atoms with E-state index in [2.05, 4.69) is 10.1 Å². The number of aromatic amines is 1. The number of aryl methyl sites for hydroxylation is 1. The number of rotatable bonds is 5. The average molecular weight is 444 g/mol. The highest BCUT2D eigenvalue weighted by Crippen LogP contribution is 2.18. The second kappa shape index (κ2) is 7.83. The minimum absolute atomic E-state index is 0.184. The van der Waals surface area contributed by atoms with Crippen molar-refractivity contribution in [3.8, 4) is 17.4 Å². The van der Waals surface area contributed by atoms with Gasteiger partial charge in [0.25, 0.3) is 11.1 Å². The van der Waals surface area contributed by atoms with Crippen LogP contribution >= 0.6 is 0 Å². The van der Waals surface area contributed by atoms with Crippen molar-refractivity contribution in [2.75, 3.05) is 0 Å². The number of allylic oxidation sites excluding steroid dienone is 1. The van der Waals surface area contributed by atoms with Gasteiger partial charge in [0, 0.05) is 26.7 Å². The number of benzene rings is 1. The molecule has 0 fully saturated rings. The summed E-state index contributed by atoms with van der Waals surface area (Å²) in [7, 11) is 2.95. The first-order valence-electron chi connectivity index (χ1n) is 10.2. The van der Waals surface area contributed by atoms with Gasteiger partial charge in [0.05, 0.1) is 6.26 Å². The maximum absolute atomic E-state index is 13.0. The molecule has 0 saturated carbocycles. The van der Waals surface area contributed by atoms with E-state index in [4.69, 9.17) is 4.42 Å². The molecule has 1 N–H and O–H groups in total. The van der Waals surface area contributed by atoms with Crippen LogP contribution in [-0.2, 0) is 20.6 Å². The molecule has 5 rings (SSSR count). The van der Waals surface area contributed by atoms with Gasteiger partial charge in [0.1, 0.15) is 5.69 Å². The standard InChI is InChI=1S/C23H20N6O4/c1-26-20-19(21(31)27(2)23(26)32)28(12-6-10-15-8-4-3-5-9-15)22(24-20)29-18(30)14-16(25-29)17-11-7-13-33-17/h3-11,13-14,25H,12H2,1-2H3/b10-6+. The van der Waals surface area contributed by atoms with Crippen LogP contribution in [0, 0.1) is 0 Å². The first-order valence-corrected chi connectivity index (χ1v) is 10.2. The Labute approximate surface area is 186 Å². The number of nitrogens with zero attached hydrogens (tertiary/aromatic N) is 5. The van der Waals surface area contributed by atoms with Gasteiger partial charge in [-0.2, -0.15) is 9.67 Å². The molecule has 10 nitrogen and oxygen atoms in total. The molecule has 5 aromatic rings. The lowest BCUT2D eigenvalue weighted by atomic mass is 10.2. The second-order valence-electron chi connectivity index (χ2n) is 7.53. The SMILES string of the molecule is Cn1c(=O)c2c(nc(-n3[nH]c(-c4ccco4)cc3=O)n2C/C=C/c2ccccc2)n(C)c1=O. The monoisotopic (exact) mass is 444 g/mol. The molecule has 0 aliphatic heterocycles. The summed E-state index contributed by atoms with van der Waals surface area (Å²) in [6.45, 7) is 0.246. The zero-order chi connectivity index (χ0) is 23.1. The van der Waals surface area contributed by atoms with Crippen molar-refractivity contribution in [2.24, 2.45) is 14.1 Å². The Balaban J connectivity index is 1.72. The molecule has 4 aromatic heterocycles. The van der Waals surface area contributed by atoms with Crippen molar-refractivity contribution in [1.82, 2.24) is 28.5 Å². The molecule has 0 unspecified atom stereocenters. The summed E-state index contributed by atoms with van der Waals surface area (Å²) in [6.07, 6.45) is 5.29. The van der Waals surface area contributed by atoms with E-state index < -0.39 is 11.2 Å². The average Bonchev–Trinajstić information content (AvgIpc) is 3.56. The second-order valence-corrected chi connectivity index (χ2v) is 7.53. The summed E-state index contributed by atoms with van der Waals surface area (Å²) in [5.74, 6) is 0.671. The summed E-state index contributed by atoms with van der Waals surface area (Å²) in [5, 5.41) is 2.98. The van der Waals surface area contributed by atoms with E-state index in [0.717, 1.165) is 10.1 Å². The Morgan fingerprint density at radius 1 is 1.03 bits per heavy atom. The van der Waals surface area contributed by atoms with Crippen LogP contribution in [-0.4, -0.2) is 28.5 Å². The van der Waals surface area contributed by atoms with E-state index in [1.807, 2.05) is 42.5 Å². The van der Waals surface area contributed by atoms with Gasteiger partial charge in [0.2, 0.25) is 5.95 Å². The summed E-state index contributed by atoms with van der Waals surface area (Å²) in [4.78, 5) is 42.8. The minimum atomic E-state index is -0.501. The summed E-state index contributed by atoms with van der Waals surface area (Å²) in [6, 6.07) is 14.5. The van der Waals surface area contributed by atoms with E-state index in [1.165, 1.54) is 35.7 Å². The predicted octanol–water partition coefficient (Wildman–Crippen LogP) is 1.89. The highest BCUT2D eigenvalue weighted by atomic mass is 16.3. The van der Waals surface area contributed by atoms with E-state index >= 15 is 0 Å². The van der Waals surface area contributed by atoms with E-state index in [0.29, 0.717) is 11.5 Å². The molecule has 0 atom stereocenters. The van der Waals surface area contributed by atoms with Crippen LogP contribution in [0.25, 0.3) is 34.6 Å². The molecule has 4 heterocycles. The van der Waals surface area contributed by atoms with Crippen molar-refractivity contribution in [2.45, 2.75) is 6.54 Å². The van der Waals surface area contributed by atoms with Crippen LogP contribution in [0.1, 0.15) is 5.56 Å². The van der Waals surface area contributed by atoms with Gasteiger partial charge in [-0.3, -0.25) is 28.4 Å². The van der Waals surface area contributed by atoms with Gasteiger partial charge in [-0.05, 0) is 17.7 Å². The molecule has 1 aromatic carbocycles. The minimum Gasteiger partial charge on any atom is -0.463 e. The molecule has 0 amide bonds. The molecule has 0 spiro atoms. The van der Waals surface area contributed by atoms with E-state index in [1.54, 1.807) is 16.7 Å². The maximum Gasteiger partial charge on any atom is 0.332 e. The van der Waals surface area contributed by atoms with E-state index in [-0.39, 0.29) is 29.2 Å². The van der Waals surface area contributed by atoms with Crippen molar-refractivity contribution < 1.29 is 4.42 Å². The zero-order valence-corrected chi connectivity index (χ0v) is 17.9. The topological polar surface area (TPSA) is 113 Å². The van der Waals surface area contributed by atoms with E-state index in [9.17, 15) is 14.4 Å². The number of hydrogen-bond acceptors (Lipinski definition) is 5. The molecule has 33 heavy (non-hydrogen) atoms. The lowest BCUT2D eigenvalue weighted by Gasteiger charge is -2.07. The Hall–Kier alpha value is -4.60. The largest absolute Gasteiger partial charge is 0.463 e. The smallest absolute Gasteiger partial charge is 0.332 e. The summed E-state index contributed by atoms with van der Waals surface area (Å²) < 4.78 is 10.5. The van der Waals surface area contributed by atoms with Gasteiger partial charge < -0.3 is 4.42 Å². The van der Waals surface area contributed by atoms with Gasteiger partial charge >= 0.3 is 5.69 Å². The number of H-pyrrole nitrogens is 1. The summed E-state index contributed by atoms with van der Waals surface area (Å²) in [5.41, 5.74) is 0.475. The highest BCUT2D eigenvalue weighted by molar-refractivity contribution is 5.73. The molecule has 0 radical (unpaired) electrons. The molecule has 0 bridgehead atoms. The first-order chi connectivity index (χ1) is 16.0. The van der Waals surface area contributed by atoms with Crippen molar-refractivity contribution in [3.63, 3.8) is 0 Å². The molecule has 0 aliphatic carbocycles. The first kappa shape index (κ1) is 20.3. The molecular weight excluding hydrogens is 424 g/mol. The number of nitrogens with one attached hydrogen (secondary N) is 1. The molecule has 0 aliphatic rings. The Morgan fingerprint density at radius 2 is 1.82 bits per heavy atom. The predicted molar refractivity (Wildman–Crippen MR) is 123 cm³/mol. The fourth-order valence-corrected chi connectivity index (χ4v) is 3.74. The highest BCUT2D eigenvalue weighted by Gasteiger charge is 2.21. The van der Waals surface area contributed by atoms with Crippen molar-refractivity contribution in [3.05, 3.63) is 97.6 Å². The van der Waals surface area contributed by atoms with Gasteiger partial charge in [-0.15, -0.1) is 0 Å². The number of fused-ring (bicyclic) bond motifs is 1. The Morgan fingerprint density at radius 3 is 2.55 bits per heavy atom. The number of imidazole rings is 1. The lowest BCUT2D eigenvalue weighted by Crippen LogP contribution is -2.37. The number of furan rings is 1. The Bertz CT molecular complexity index is 1660. The number of hydrogen-bond donors (Lipinski definition) is 1. The molecule has 10 heteroatoms. The zero-order valence-electron chi connectivity index (χ0n) is 17.9. The fourth-order valence-electron chi connectivity index (χ4n) is 3.74. The van der Waals surface area contributed by atoms with Crippen LogP contribution in [0.5, 0.6) is 0 Å². The third kappa shape index (κ3) is 3.37. The van der Waals surface area contributed by atoms with Crippen molar-refractivity contribution >= 4 is 17.2 Å². The van der Waals surface area contributed by atoms with Gasteiger partial charge in [0.15, 0.2) is 16.9 Å². The number of aromatic nitrogens is 6. The molecule has 166 valence electrons. The lowest BCUT2D eigenvalue weighted by molar-refractivity contribution is 0.578. The van der Waals surface area contributed by atoms with Crippen LogP contribution in [0.3, 0.4) is 0 Å². The third-order valence-electron chi connectivity index (χ3n) is 5.43. The van der Waals surface area contributed by atoms with Crippen LogP contribution in [0.4, 0.5) is 0 Å². The van der Waals surface area contributed by atoms with Gasteiger partial charge in [-0.25, -0.2) is 4.79 Å². The van der Waals surface area contributed by atoms with Crippen LogP contribution in [0.2, 0.25) is 0 Å².